The Balaban J connectivity index is 1.98. The van der Waals surface area contributed by atoms with Gasteiger partial charge in [0.15, 0.2) is 5.58 Å². The van der Waals surface area contributed by atoms with E-state index < -0.39 is 0 Å². The van der Waals surface area contributed by atoms with Gasteiger partial charge in [-0.3, -0.25) is 4.57 Å². The highest BCUT2D eigenvalue weighted by Gasteiger charge is 2.10. The molecule has 0 saturated heterocycles. The molecular weight excluding hydrogens is 377 g/mol. The molecule has 4 heteroatoms. The van der Waals surface area contributed by atoms with E-state index >= 15 is 0 Å². The number of benzene rings is 2. The maximum Gasteiger partial charge on any atom is 0.420 e. The Morgan fingerprint density at radius 3 is 2.52 bits per heavy atom. The molecule has 1 aromatic heterocycles. The van der Waals surface area contributed by atoms with Gasteiger partial charge >= 0.3 is 5.76 Å². The minimum absolute atomic E-state index is 0.306. The molecule has 0 N–H and O–H groups in total. The standard InChI is InChI=1S/C17H16INO2/c1-11(2)13-5-3-12(4-6-13)10-19-15-8-7-14(18)9-16(15)21-17(19)20/h3-9,11H,10H2,1-2H3. The van der Waals surface area contributed by atoms with Crippen LogP contribution in [0.15, 0.2) is 51.7 Å². The predicted molar refractivity (Wildman–Crippen MR) is 92.8 cm³/mol. The molecule has 21 heavy (non-hydrogen) atoms. The number of hydrogen-bond acceptors (Lipinski definition) is 2. The van der Waals surface area contributed by atoms with Crippen molar-refractivity contribution < 1.29 is 4.42 Å². The molecule has 0 bridgehead atoms. The molecule has 0 aliphatic heterocycles. The molecule has 3 nitrogen and oxygen atoms in total. The molecule has 2 aromatic carbocycles. The van der Waals surface area contributed by atoms with Crippen molar-refractivity contribution >= 4 is 33.7 Å². The van der Waals surface area contributed by atoms with Crippen LogP contribution in [0.2, 0.25) is 0 Å². The third-order valence-corrected chi connectivity index (χ3v) is 4.29. The van der Waals surface area contributed by atoms with Gasteiger partial charge in [-0.2, -0.15) is 0 Å². The van der Waals surface area contributed by atoms with E-state index in [4.69, 9.17) is 4.42 Å². The quantitative estimate of drug-likeness (QED) is 0.620. The van der Waals surface area contributed by atoms with Crippen LogP contribution in [0.1, 0.15) is 30.9 Å². The second kappa shape index (κ2) is 5.67. The van der Waals surface area contributed by atoms with Crippen molar-refractivity contribution in [2.24, 2.45) is 0 Å². The van der Waals surface area contributed by atoms with Gasteiger partial charge in [0.05, 0.1) is 12.1 Å². The Hall–Kier alpha value is -1.56. The van der Waals surface area contributed by atoms with Crippen molar-refractivity contribution in [1.29, 1.82) is 0 Å². The Kier molecular flexibility index (Phi) is 3.89. The van der Waals surface area contributed by atoms with E-state index in [1.54, 1.807) is 4.57 Å². The first-order chi connectivity index (χ1) is 10.0. The highest BCUT2D eigenvalue weighted by Crippen LogP contribution is 2.19. The smallest absolute Gasteiger partial charge is 0.408 e. The molecular formula is C17H16INO2. The maximum atomic E-state index is 12.0. The van der Waals surface area contributed by atoms with E-state index in [9.17, 15) is 4.79 Å². The van der Waals surface area contributed by atoms with Crippen LogP contribution in [-0.4, -0.2) is 4.57 Å². The third-order valence-electron chi connectivity index (χ3n) is 3.62. The molecule has 0 spiro atoms. The normalized spacial score (nSPS) is 11.4. The van der Waals surface area contributed by atoms with E-state index in [0.717, 1.165) is 14.7 Å². The molecule has 0 radical (unpaired) electrons. The summed E-state index contributed by atoms with van der Waals surface area (Å²) in [7, 11) is 0. The van der Waals surface area contributed by atoms with Crippen molar-refractivity contribution in [2.75, 3.05) is 0 Å². The second-order valence-electron chi connectivity index (χ2n) is 5.46. The van der Waals surface area contributed by atoms with Gasteiger partial charge in [0, 0.05) is 3.57 Å². The Morgan fingerprint density at radius 1 is 1.14 bits per heavy atom. The predicted octanol–water partition coefficient (Wildman–Crippen LogP) is 4.37. The zero-order chi connectivity index (χ0) is 15.0. The number of oxazole rings is 1. The fourth-order valence-corrected chi connectivity index (χ4v) is 2.84. The van der Waals surface area contributed by atoms with E-state index in [1.165, 1.54) is 5.56 Å². The Bertz CT molecular complexity index is 828. The lowest BCUT2D eigenvalue weighted by molar-refractivity contribution is 0.517. The van der Waals surface area contributed by atoms with Crippen LogP contribution < -0.4 is 5.76 Å². The molecule has 0 amide bonds. The van der Waals surface area contributed by atoms with Crippen molar-refractivity contribution in [3.63, 3.8) is 0 Å². The molecule has 0 fully saturated rings. The van der Waals surface area contributed by atoms with Crippen LogP contribution in [0.25, 0.3) is 11.1 Å². The SMILES string of the molecule is CC(C)c1ccc(Cn2c(=O)oc3cc(I)ccc32)cc1. The highest BCUT2D eigenvalue weighted by molar-refractivity contribution is 14.1. The van der Waals surface area contributed by atoms with Gasteiger partial charge in [-0.15, -0.1) is 0 Å². The van der Waals surface area contributed by atoms with Crippen LogP contribution >= 0.6 is 22.6 Å². The first-order valence-electron chi connectivity index (χ1n) is 6.92. The summed E-state index contributed by atoms with van der Waals surface area (Å²) in [5.41, 5.74) is 3.89. The molecule has 0 aliphatic carbocycles. The van der Waals surface area contributed by atoms with E-state index in [1.807, 2.05) is 18.2 Å². The van der Waals surface area contributed by atoms with Gasteiger partial charge in [0.1, 0.15) is 0 Å². The van der Waals surface area contributed by atoms with Gasteiger partial charge in [0.2, 0.25) is 0 Å². The molecule has 0 saturated carbocycles. The zero-order valence-corrected chi connectivity index (χ0v) is 14.1. The molecule has 1 heterocycles. The van der Waals surface area contributed by atoms with Gasteiger partial charge < -0.3 is 4.42 Å². The van der Waals surface area contributed by atoms with Crippen LogP contribution in [0, 0.1) is 3.57 Å². The summed E-state index contributed by atoms with van der Waals surface area (Å²) in [6.45, 7) is 4.88. The summed E-state index contributed by atoms with van der Waals surface area (Å²) in [5.74, 6) is 0.207. The second-order valence-corrected chi connectivity index (χ2v) is 6.71. The number of fused-ring (bicyclic) bond motifs is 1. The fourth-order valence-electron chi connectivity index (χ4n) is 2.38. The molecule has 0 aliphatic rings. The lowest BCUT2D eigenvalue weighted by atomic mass is 10.0. The summed E-state index contributed by atoms with van der Waals surface area (Å²) in [4.78, 5) is 12.0. The van der Waals surface area contributed by atoms with Gasteiger partial charge in [-0.1, -0.05) is 38.1 Å². The Labute approximate surface area is 136 Å². The number of nitrogens with zero attached hydrogens (tertiary/aromatic N) is 1. The summed E-state index contributed by atoms with van der Waals surface area (Å²) in [6.07, 6.45) is 0. The molecule has 108 valence electrons. The summed E-state index contributed by atoms with van der Waals surface area (Å²) >= 11 is 2.21. The van der Waals surface area contributed by atoms with Crippen LogP contribution in [-0.2, 0) is 6.54 Å². The first-order valence-corrected chi connectivity index (χ1v) is 8.00. The first kappa shape index (κ1) is 14.4. The lowest BCUT2D eigenvalue weighted by Gasteiger charge is -2.07. The van der Waals surface area contributed by atoms with Crippen molar-refractivity contribution in [1.82, 2.24) is 4.57 Å². The largest absolute Gasteiger partial charge is 0.420 e. The zero-order valence-electron chi connectivity index (χ0n) is 12.0. The van der Waals surface area contributed by atoms with Crippen molar-refractivity contribution in [2.45, 2.75) is 26.3 Å². The van der Waals surface area contributed by atoms with Gasteiger partial charge in [0.25, 0.3) is 0 Å². The number of hydrogen-bond donors (Lipinski definition) is 0. The number of aromatic nitrogens is 1. The van der Waals surface area contributed by atoms with E-state index in [-0.39, 0.29) is 5.76 Å². The third kappa shape index (κ3) is 2.90. The highest BCUT2D eigenvalue weighted by atomic mass is 127. The van der Waals surface area contributed by atoms with Gasteiger partial charge in [-0.05, 0) is 57.8 Å². The van der Waals surface area contributed by atoms with E-state index in [2.05, 4.69) is 60.7 Å². The van der Waals surface area contributed by atoms with Crippen molar-refractivity contribution in [3.8, 4) is 0 Å². The Morgan fingerprint density at radius 2 is 1.86 bits per heavy atom. The lowest BCUT2D eigenvalue weighted by Crippen LogP contribution is -2.14. The van der Waals surface area contributed by atoms with Crippen LogP contribution in [0.5, 0.6) is 0 Å². The number of rotatable bonds is 3. The maximum absolute atomic E-state index is 12.0. The van der Waals surface area contributed by atoms with Crippen LogP contribution in [0.3, 0.4) is 0 Å². The molecule has 3 rings (SSSR count). The topological polar surface area (TPSA) is 35.1 Å². The average molecular weight is 393 g/mol. The molecule has 0 atom stereocenters. The monoisotopic (exact) mass is 393 g/mol. The number of halogens is 1. The average Bonchev–Trinajstić information content (AvgIpc) is 2.75. The van der Waals surface area contributed by atoms with E-state index in [0.29, 0.717) is 18.0 Å². The molecule has 0 unspecified atom stereocenters. The fraction of sp³-hybridized carbons (Fsp3) is 0.235. The van der Waals surface area contributed by atoms with Crippen LogP contribution in [0.4, 0.5) is 0 Å². The minimum Gasteiger partial charge on any atom is -0.408 e. The van der Waals surface area contributed by atoms with Gasteiger partial charge in [-0.25, -0.2) is 4.79 Å². The summed E-state index contributed by atoms with van der Waals surface area (Å²) in [5, 5.41) is 0. The minimum atomic E-state index is -0.306. The van der Waals surface area contributed by atoms with Crippen molar-refractivity contribution in [3.05, 3.63) is 67.7 Å². The summed E-state index contributed by atoms with van der Waals surface area (Å²) < 4.78 is 8.05. The molecule has 3 aromatic rings. The summed E-state index contributed by atoms with van der Waals surface area (Å²) in [6, 6.07) is 14.2.